The Balaban J connectivity index is 1.95. The summed E-state index contributed by atoms with van der Waals surface area (Å²) in [5.74, 6) is 0.627. The van der Waals surface area contributed by atoms with Gasteiger partial charge in [0, 0.05) is 25.0 Å². The van der Waals surface area contributed by atoms with Gasteiger partial charge in [-0.05, 0) is 12.3 Å². The summed E-state index contributed by atoms with van der Waals surface area (Å²) in [6, 6.07) is 1.21. The van der Waals surface area contributed by atoms with E-state index in [2.05, 4.69) is 9.71 Å². The van der Waals surface area contributed by atoms with E-state index in [-0.39, 0.29) is 4.90 Å². The van der Waals surface area contributed by atoms with Crippen LogP contribution >= 0.6 is 0 Å². The second-order valence-electron chi connectivity index (χ2n) is 4.71. The third-order valence-corrected chi connectivity index (χ3v) is 4.88. The van der Waals surface area contributed by atoms with Crippen LogP contribution in [0.2, 0.25) is 0 Å². The molecular weight excluding hydrogens is 252 g/mol. The molecule has 100 valence electrons. The van der Waals surface area contributed by atoms with E-state index in [1.807, 2.05) is 0 Å². The molecule has 0 aliphatic heterocycles. The molecule has 0 spiro atoms. The van der Waals surface area contributed by atoms with Gasteiger partial charge in [-0.15, -0.1) is 0 Å². The van der Waals surface area contributed by atoms with Crippen LogP contribution in [0.25, 0.3) is 0 Å². The SMILES string of the molecule is O=c1cc[nH]cc1S(=O)(=O)NCCC1CCCC1. The van der Waals surface area contributed by atoms with Crippen molar-refractivity contribution in [3.05, 3.63) is 28.7 Å². The number of pyridine rings is 1. The molecule has 0 unspecified atom stereocenters. The Bertz CT molecular complexity index is 544. The number of aromatic amines is 1. The average molecular weight is 270 g/mol. The van der Waals surface area contributed by atoms with E-state index in [1.165, 1.54) is 44.1 Å². The van der Waals surface area contributed by atoms with Gasteiger partial charge in [0.05, 0.1) is 0 Å². The summed E-state index contributed by atoms with van der Waals surface area (Å²) >= 11 is 0. The molecule has 0 aromatic carbocycles. The van der Waals surface area contributed by atoms with Crippen molar-refractivity contribution in [2.24, 2.45) is 5.92 Å². The maximum Gasteiger partial charge on any atom is 0.245 e. The Labute approximate surface area is 107 Å². The normalized spacial score (nSPS) is 17.1. The van der Waals surface area contributed by atoms with Gasteiger partial charge in [-0.3, -0.25) is 4.79 Å². The van der Waals surface area contributed by atoms with Crippen LogP contribution in [-0.4, -0.2) is 19.9 Å². The monoisotopic (exact) mass is 270 g/mol. The first-order valence-corrected chi connectivity index (χ1v) is 7.75. The number of hydrogen-bond donors (Lipinski definition) is 2. The lowest BCUT2D eigenvalue weighted by Gasteiger charge is -2.09. The second kappa shape index (κ2) is 5.67. The van der Waals surface area contributed by atoms with Crippen molar-refractivity contribution in [3.63, 3.8) is 0 Å². The zero-order valence-corrected chi connectivity index (χ0v) is 11.0. The van der Waals surface area contributed by atoms with Gasteiger partial charge < -0.3 is 4.98 Å². The minimum Gasteiger partial charge on any atom is -0.366 e. The molecule has 0 amide bonds. The minimum atomic E-state index is -3.68. The first-order valence-electron chi connectivity index (χ1n) is 6.26. The summed E-state index contributed by atoms with van der Waals surface area (Å²) in [6.45, 7) is 0.404. The Morgan fingerprint density at radius 1 is 1.33 bits per heavy atom. The average Bonchev–Trinajstić information content (AvgIpc) is 2.82. The largest absolute Gasteiger partial charge is 0.366 e. The fraction of sp³-hybridized carbons (Fsp3) is 0.583. The van der Waals surface area contributed by atoms with E-state index < -0.39 is 15.5 Å². The second-order valence-corrected chi connectivity index (χ2v) is 6.45. The van der Waals surface area contributed by atoms with Gasteiger partial charge in [-0.1, -0.05) is 25.7 Å². The highest BCUT2D eigenvalue weighted by Crippen LogP contribution is 2.26. The molecular formula is C12H18N2O3S. The summed E-state index contributed by atoms with van der Waals surface area (Å²) in [4.78, 5) is 13.9. The molecule has 0 bridgehead atoms. The number of rotatable bonds is 5. The van der Waals surface area contributed by atoms with E-state index in [1.54, 1.807) is 0 Å². The zero-order valence-electron chi connectivity index (χ0n) is 10.2. The molecule has 1 saturated carbocycles. The molecule has 1 aromatic rings. The summed E-state index contributed by atoms with van der Waals surface area (Å²) in [5.41, 5.74) is -0.484. The molecule has 5 nitrogen and oxygen atoms in total. The van der Waals surface area contributed by atoms with Crippen molar-refractivity contribution in [3.8, 4) is 0 Å². The number of nitrogens with one attached hydrogen (secondary N) is 2. The van der Waals surface area contributed by atoms with Crippen molar-refractivity contribution in [2.75, 3.05) is 6.54 Å². The van der Waals surface area contributed by atoms with Crippen LogP contribution in [0.4, 0.5) is 0 Å². The minimum absolute atomic E-state index is 0.212. The van der Waals surface area contributed by atoms with Crippen molar-refractivity contribution < 1.29 is 8.42 Å². The van der Waals surface area contributed by atoms with Gasteiger partial charge in [0.15, 0.2) is 0 Å². The predicted molar refractivity (Wildman–Crippen MR) is 68.8 cm³/mol. The van der Waals surface area contributed by atoms with Crippen molar-refractivity contribution in [2.45, 2.75) is 37.0 Å². The molecule has 1 aliphatic rings. The highest BCUT2D eigenvalue weighted by Gasteiger charge is 2.19. The van der Waals surface area contributed by atoms with Crippen LogP contribution in [0.1, 0.15) is 32.1 Å². The van der Waals surface area contributed by atoms with Gasteiger partial charge in [-0.2, -0.15) is 0 Å². The molecule has 1 heterocycles. The van der Waals surface area contributed by atoms with Crippen LogP contribution in [0.3, 0.4) is 0 Å². The Hall–Kier alpha value is -1.14. The molecule has 0 saturated heterocycles. The summed E-state index contributed by atoms with van der Waals surface area (Å²) in [6.07, 6.45) is 8.36. The van der Waals surface area contributed by atoms with Crippen LogP contribution in [0, 0.1) is 5.92 Å². The lowest BCUT2D eigenvalue weighted by atomic mass is 10.1. The highest BCUT2D eigenvalue weighted by atomic mass is 32.2. The Morgan fingerprint density at radius 3 is 2.72 bits per heavy atom. The lowest BCUT2D eigenvalue weighted by Crippen LogP contribution is -2.29. The molecule has 1 aliphatic carbocycles. The van der Waals surface area contributed by atoms with Crippen LogP contribution < -0.4 is 10.2 Å². The lowest BCUT2D eigenvalue weighted by molar-refractivity contribution is 0.495. The quantitative estimate of drug-likeness (QED) is 0.844. The van der Waals surface area contributed by atoms with Crippen molar-refractivity contribution in [1.82, 2.24) is 9.71 Å². The Morgan fingerprint density at radius 2 is 2.06 bits per heavy atom. The van der Waals surface area contributed by atoms with Gasteiger partial charge in [-0.25, -0.2) is 13.1 Å². The molecule has 2 N–H and O–H groups in total. The van der Waals surface area contributed by atoms with Gasteiger partial charge in [0.1, 0.15) is 4.90 Å². The molecule has 1 aromatic heterocycles. The van der Waals surface area contributed by atoms with E-state index in [9.17, 15) is 13.2 Å². The fourth-order valence-corrected chi connectivity index (χ4v) is 3.48. The van der Waals surface area contributed by atoms with Crippen molar-refractivity contribution >= 4 is 10.0 Å². The van der Waals surface area contributed by atoms with Gasteiger partial charge in [0.25, 0.3) is 0 Å². The summed E-state index contributed by atoms with van der Waals surface area (Å²) in [7, 11) is -3.68. The van der Waals surface area contributed by atoms with Gasteiger partial charge in [0.2, 0.25) is 15.5 Å². The van der Waals surface area contributed by atoms with Gasteiger partial charge >= 0.3 is 0 Å². The van der Waals surface area contributed by atoms with Crippen LogP contribution in [0.15, 0.2) is 28.2 Å². The maximum atomic E-state index is 11.9. The van der Waals surface area contributed by atoms with E-state index >= 15 is 0 Å². The van der Waals surface area contributed by atoms with E-state index in [4.69, 9.17) is 0 Å². The fourth-order valence-electron chi connectivity index (χ4n) is 2.39. The molecule has 0 atom stereocenters. The standard InChI is InChI=1S/C12H18N2O3S/c15-11-6-7-13-9-12(11)18(16,17)14-8-5-10-3-1-2-4-10/h6-7,9-10,14H,1-5,8H2,(H,13,15). The number of hydrogen-bond acceptors (Lipinski definition) is 3. The van der Waals surface area contributed by atoms with E-state index in [0.29, 0.717) is 12.5 Å². The summed E-state index contributed by atoms with van der Waals surface area (Å²) in [5, 5.41) is 0. The molecule has 1 fully saturated rings. The van der Waals surface area contributed by atoms with Crippen molar-refractivity contribution in [1.29, 1.82) is 0 Å². The molecule has 2 rings (SSSR count). The third kappa shape index (κ3) is 3.20. The zero-order chi connectivity index (χ0) is 13.0. The number of aromatic nitrogens is 1. The number of sulfonamides is 1. The molecule has 18 heavy (non-hydrogen) atoms. The van der Waals surface area contributed by atoms with Crippen LogP contribution in [0.5, 0.6) is 0 Å². The summed E-state index contributed by atoms with van der Waals surface area (Å²) < 4.78 is 26.3. The predicted octanol–water partition coefficient (Wildman–Crippen LogP) is 1.23. The smallest absolute Gasteiger partial charge is 0.245 e. The highest BCUT2D eigenvalue weighted by molar-refractivity contribution is 7.89. The topological polar surface area (TPSA) is 79.0 Å². The number of H-pyrrole nitrogens is 1. The maximum absolute atomic E-state index is 11.9. The third-order valence-electron chi connectivity index (χ3n) is 3.40. The first kappa shape index (κ1) is 13.3. The van der Waals surface area contributed by atoms with Crippen LogP contribution in [-0.2, 0) is 10.0 Å². The first-order chi connectivity index (χ1) is 8.59. The Kier molecular flexibility index (Phi) is 4.19. The molecule has 6 heteroatoms. The van der Waals surface area contributed by atoms with E-state index in [0.717, 1.165) is 6.42 Å². The molecule has 0 radical (unpaired) electrons.